The van der Waals surface area contributed by atoms with Crippen LogP contribution < -0.4 is 0 Å². The third-order valence-corrected chi connectivity index (χ3v) is 5.39. The normalized spacial score (nSPS) is 12.0. The number of aliphatic hydroxyl groups excluding tert-OH is 1. The lowest BCUT2D eigenvalue weighted by molar-refractivity contribution is 0.418. The minimum atomic E-state index is -0.118. The summed E-state index contributed by atoms with van der Waals surface area (Å²) in [4.78, 5) is 7.39. The Balaban J connectivity index is 1.53. The van der Waals surface area contributed by atoms with Crippen molar-refractivity contribution in [1.29, 1.82) is 5.26 Å². The van der Waals surface area contributed by atoms with Gasteiger partial charge in [0.15, 0.2) is 5.82 Å². The summed E-state index contributed by atoms with van der Waals surface area (Å²) >= 11 is 4.58. The number of halogens is 1. The molecule has 4 rings (SSSR count). The monoisotopic (exact) mass is 453 g/mol. The Morgan fingerprint density at radius 1 is 1.18 bits per heavy atom. The first kappa shape index (κ1) is 18.3. The summed E-state index contributed by atoms with van der Waals surface area (Å²) in [5.41, 5.74) is 2.37. The molecule has 2 N–H and O–H groups in total. The molecule has 0 saturated carbocycles. The number of nitrogens with one attached hydrogen (secondary N) is 1. The Morgan fingerprint density at radius 3 is 2.75 bits per heavy atom. The number of imidazole rings is 1. The number of H-pyrrole nitrogens is 1. The number of rotatable bonds is 5. The summed E-state index contributed by atoms with van der Waals surface area (Å²) in [6.07, 6.45) is 0. The maximum atomic E-state index is 10.4. The summed E-state index contributed by atoms with van der Waals surface area (Å²) in [7, 11) is 0. The number of nitriles is 1. The van der Waals surface area contributed by atoms with Gasteiger partial charge in [-0.25, -0.2) is 4.98 Å². The van der Waals surface area contributed by atoms with Crippen LogP contribution in [-0.4, -0.2) is 31.0 Å². The van der Waals surface area contributed by atoms with Crippen molar-refractivity contribution in [2.24, 2.45) is 0 Å². The largest absolute Gasteiger partial charge is 0.510 e. The average Bonchev–Trinajstić information content (AvgIpc) is 3.34. The van der Waals surface area contributed by atoms with Gasteiger partial charge < -0.3 is 14.5 Å². The molecule has 0 aliphatic carbocycles. The standard InChI is InChI=1S/C19H12BrN5O2S/c20-13-6-2-1-5-11(13)18-24-25-19(27-18)28-10-16(26)12(9-21)17-22-14-7-3-4-8-15(14)23-17/h1-8,26H,10H2,(H,22,23)/b16-12-. The first-order chi connectivity index (χ1) is 13.7. The van der Waals surface area contributed by atoms with Crippen molar-refractivity contribution in [1.82, 2.24) is 20.2 Å². The van der Waals surface area contributed by atoms with E-state index in [0.717, 1.165) is 32.8 Å². The van der Waals surface area contributed by atoms with E-state index in [0.29, 0.717) is 16.9 Å². The van der Waals surface area contributed by atoms with Crippen LogP contribution in [0.2, 0.25) is 0 Å². The topological polar surface area (TPSA) is 112 Å². The average molecular weight is 454 g/mol. The third kappa shape index (κ3) is 3.65. The van der Waals surface area contributed by atoms with E-state index in [1.165, 1.54) is 0 Å². The zero-order valence-electron chi connectivity index (χ0n) is 14.3. The molecule has 2 heterocycles. The fraction of sp³-hybridized carbons (Fsp3) is 0.0526. The molecule has 7 nitrogen and oxygen atoms in total. The highest BCUT2D eigenvalue weighted by atomic mass is 79.9. The van der Waals surface area contributed by atoms with Gasteiger partial charge in [-0.1, -0.05) is 36.0 Å². The molecule has 9 heteroatoms. The molecule has 0 aliphatic rings. The number of aromatic nitrogens is 4. The zero-order chi connectivity index (χ0) is 19.5. The number of nitrogens with zero attached hydrogens (tertiary/aromatic N) is 4. The van der Waals surface area contributed by atoms with Crippen molar-refractivity contribution in [3.05, 3.63) is 64.6 Å². The molecule has 0 unspecified atom stereocenters. The molecule has 0 atom stereocenters. The molecule has 0 fully saturated rings. The highest BCUT2D eigenvalue weighted by Crippen LogP contribution is 2.30. The van der Waals surface area contributed by atoms with E-state index < -0.39 is 0 Å². The molecule has 0 amide bonds. The Kier molecular flexibility index (Phi) is 5.14. The number of fused-ring (bicyclic) bond motifs is 1. The van der Waals surface area contributed by atoms with Gasteiger partial charge in [0.05, 0.1) is 22.3 Å². The zero-order valence-corrected chi connectivity index (χ0v) is 16.7. The third-order valence-electron chi connectivity index (χ3n) is 3.87. The second-order valence-electron chi connectivity index (χ2n) is 5.68. The second kappa shape index (κ2) is 7.88. The van der Waals surface area contributed by atoms with Crippen LogP contribution in [0.4, 0.5) is 0 Å². The predicted octanol–water partition coefficient (Wildman–Crippen LogP) is 4.96. The molecule has 138 valence electrons. The lowest BCUT2D eigenvalue weighted by Gasteiger charge is -2.00. The van der Waals surface area contributed by atoms with Crippen LogP contribution in [0.3, 0.4) is 0 Å². The fourth-order valence-corrected chi connectivity index (χ4v) is 3.63. The van der Waals surface area contributed by atoms with Gasteiger partial charge in [0.2, 0.25) is 5.89 Å². The number of para-hydroxylation sites is 2. The van der Waals surface area contributed by atoms with Crippen molar-refractivity contribution in [2.45, 2.75) is 5.22 Å². The van der Waals surface area contributed by atoms with Gasteiger partial charge in [0.1, 0.15) is 17.4 Å². The number of aliphatic hydroxyl groups is 1. The van der Waals surface area contributed by atoms with Gasteiger partial charge in [-0.3, -0.25) is 0 Å². The molecule has 0 bridgehead atoms. The summed E-state index contributed by atoms with van der Waals surface area (Å²) < 4.78 is 6.48. The minimum absolute atomic E-state index is 0.0780. The van der Waals surface area contributed by atoms with Crippen LogP contribution in [0.1, 0.15) is 5.82 Å². The van der Waals surface area contributed by atoms with Gasteiger partial charge >= 0.3 is 0 Å². The lowest BCUT2D eigenvalue weighted by Crippen LogP contribution is -1.95. The van der Waals surface area contributed by atoms with E-state index in [2.05, 4.69) is 36.1 Å². The quantitative estimate of drug-likeness (QED) is 0.249. The maximum Gasteiger partial charge on any atom is 0.277 e. The molecular formula is C19H12BrN5O2S. The van der Waals surface area contributed by atoms with Gasteiger partial charge in [-0.2, -0.15) is 5.26 Å². The van der Waals surface area contributed by atoms with Crippen molar-refractivity contribution in [3.8, 4) is 17.5 Å². The van der Waals surface area contributed by atoms with Crippen LogP contribution >= 0.6 is 27.7 Å². The number of allylic oxidation sites excluding steroid dienone is 1. The molecule has 0 spiro atoms. The number of thioether (sulfide) groups is 1. The van der Waals surface area contributed by atoms with Gasteiger partial charge in [-0.05, 0) is 40.2 Å². The molecule has 2 aromatic carbocycles. The van der Waals surface area contributed by atoms with Crippen LogP contribution in [0.25, 0.3) is 28.1 Å². The number of hydrogen-bond acceptors (Lipinski definition) is 7. The molecule has 28 heavy (non-hydrogen) atoms. The highest BCUT2D eigenvalue weighted by Gasteiger charge is 2.16. The summed E-state index contributed by atoms with van der Waals surface area (Å²) in [6.45, 7) is 0. The van der Waals surface area contributed by atoms with Crippen molar-refractivity contribution in [2.75, 3.05) is 5.75 Å². The van der Waals surface area contributed by atoms with E-state index in [4.69, 9.17) is 4.42 Å². The summed E-state index contributed by atoms with van der Waals surface area (Å²) in [5, 5.41) is 28.2. The molecule has 4 aromatic rings. The first-order valence-corrected chi connectivity index (χ1v) is 9.92. The smallest absolute Gasteiger partial charge is 0.277 e. The Labute approximate surface area is 172 Å². The number of benzene rings is 2. The van der Waals surface area contributed by atoms with E-state index in [1.807, 2.05) is 54.6 Å². The van der Waals surface area contributed by atoms with Crippen molar-refractivity contribution >= 4 is 44.3 Å². The second-order valence-corrected chi connectivity index (χ2v) is 7.46. The first-order valence-electron chi connectivity index (χ1n) is 8.14. The Bertz CT molecular complexity index is 1190. The summed E-state index contributed by atoms with van der Waals surface area (Å²) in [6, 6.07) is 16.9. The van der Waals surface area contributed by atoms with E-state index >= 15 is 0 Å². The Morgan fingerprint density at radius 2 is 1.96 bits per heavy atom. The molecule has 0 radical (unpaired) electrons. The lowest BCUT2D eigenvalue weighted by atomic mass is 10.2. The molecule has 0 saturated heterocycles. The van der Waals surface area contributed by atoms with Gasteiger partial charge in [-0.15, -0.1) is 10.2 Å². The van der Waals surface area contributed by atoms with E-state index in [1.54, 1.807) is 0 Å². The van der Waals surface area contributed by atoms with Gasteiger partial charge in [0, 0.05) is 4.47 Å². The van der Waals surface area contributed by atoms with E-state index in [9.17, 15) is 10.4 Å². The fourth-order valence-electron chi connectivity index (χ4n) is 2.54. The summed E-state index contributed by atoms with van der Waals surface area (Å²) in [5.74, 6) is 0.669. The van der Waals surface area contributed by atoms with Crippen molar-refractivity contribution in [3.63, 3.8) is 0 Å². The van der Waals surface area contributed by atoms with Crippen molar-refractivity contribution < 1.29 is 9.52 Å². The Hall–Kier alpha value is -3.09. The highest BCUT2D eigenvalue weighted by molar-refractivity contribution is 9.10. The molecule has 0 aliphatic heterocycles. The molecular weight excluding hydrogens is 442 g/mol. The van der Waals surface area contributed by atoms with E-state index in [-0.39, 0.29) is 17.1 Å². The van der Waals surface area contributed by atoms with Crippen LogP contribution in [0, 0.1) is 11.3 Å². The van der Waals surface area contributed by atoms with Crippen LogP contribution in [-0.2, 0) is 0 Å². The van der Waals surface area contributed by atoms with Crippen LogP contribution in [0.15, 0.2) is 68.4 Å². The minimum Gasteiger partial charge on any atom is -0.510 e. The van der Waals surface area contributed by atoms with Crippen LogP contribution in [0.5, 0.6) is 0 Å². The molecule has 2 aromatic heterocycles. The SMILES string of the molecule is N#C/C(=C(/O)CSc1nnc(-c2ccccc2Br)o1)c1nc2ccccc2[nH]1. The number of aromatic amines is 1. The maximum absolute atomic E-state index is 10.4. The number of hydrogen-bond donors (Lipinski definition) is 2. The predicted molar refractivity (Wildman–Crippen MR) is 109 cm³/mol. The van der Waals surface area contributed by atoms with Gasteiger partial charge in [0.25, 0.3) is 5.22 Å².